The number of benzene rings is 3. The highest BCUT2D eigenvalue weighted by Gasteiger charge is 2.38. The minimum Gasteiger partial charge on any atom is -0.360 e. The van der Waals surface area contributed by atoms with E-state index in [1.54, 1.807) is 0 Å². The fourth-order valence-electron chi connectivity index (χ4n) is 3.81. The average molecular weight is 397 g/mol. The van der Waals surface area contributed by atoms with Gasteiger partial charge >= 0.3 is 0 Å². The molecule has 154 valence electrons. The van der Waals surface area contributed by atoms with E-state index in [2.05, 4.69) is 106 Å². The van der Waals surface area contributed by atoms with Crippen molar-refractivity contribution in [1.29, 1.82) is 0 Å². The van der Waals surface area contributed by atoms with Crippen LogP contribution in [0.15, 0.2) is 115 Å². The fourth-order valence-corrected chi connectivity index (χ4v) is 3.81. The van der Waals surface area contributed by atoms with E-state index in [9.17, 15) is 0 Å². The van der Waals surface area contributed by atoms with Crippen molar-refractivity contribution in [3.05, 3.63) is 131 Å². The van der Waals surface area contributed by atoms with E-state index in [-0.39, 0.29) is 5.41 Å². The molecule has 0 atom stereocenters. The molecule has 0 fully saturated rings. The van der Waals surface area contributed by atoms with Crippen LogP contribution in [-0.2, 0) is 10.3 Å². The van der Waals surface area contributed by atoms with Gasteiger partial charge in [-0.2, -0.15) is 0 Å². The SMILES string of the molecule is C=C(C)/C(C)=C/C(C)(C)COC(c1ccccc1)(c1ccccc1)c1ccccc1. The second kappa shape index (κ2) is 9.28. The third-order valence-electron chi connectivity index (χ3n) is 5.48. The maximum Gasteiger partial charge on any atom is 0.143 e. The highest BCUT2D eigenvalue weighted by Crippen LogP contribution is 2.41. The lowest BCUT2D eigenvalue weighted by Crippen LogP contribution is -2.36. The average Bonchev–Trinajstić information content (AvgIpc) is 2.76. The summed E-state index contributed by atoms with van der Waals surface area (Å²) in [5, 5.41) is 0. The van der Waals surface area contributed by atoms with Crippen molar-refractivity contribution < 1.29 is 4.74 Å². The molecule has 1 nitrogen and oxygen atoms in total. The standard InChI is InChI=1S/C29H32O/c1-23(2)24(3)21-28(4,5)22-30-29(25-15-9-6-10-16-25,26-17-11-7-12-18-26)27-19-13-8-14-20-27/h6-21H,1,22H2,2-5H3/b24-21+. The molecule has 0 aliphatic heterocycles. The third kappa shape index (κ3) is 4.80. The van der Waals surface area contributed by atoms with E-state index in [0.717, 1.165) is 22.3 Å². The molecule has 0 unspecified atom stereocenters. The first kappa shape index (κ1) is 21.8. The zero-order valence-corrected chi connectivity index (χ0v) is 18.6. The normalized spacial score (nSPS) is 12.6. The van der Waals surface area contributed by atoms with Crippen molar-refractivity contribution in [1.82, 2.24) is 0 Å². The number of allylic oxidation sites excluding steroid dienone is 2. The first-order valence-corrected chi connectivity index (χ1v) is 10.5. The first-order valence-electron chi connectivity index (χ1n) is 10.5. The zero-order valence-electron chi connectivity index (χ0n) is 18.6. The van der Waals surface area contributed by atoms with Gasteiger partial charge in [-0.1, -0.05) is 129 Å². The monoisotopic (exact) mass is 396 g/mol. The van der Waals surface area contributed by atoms with E-state index in [1.807, 2.05) is 25.1 Å². The Morgan fingerprint density at radius 1 is 0.733 bits per heavy atom. The molecule has 0 aromatic heterocycles. The van der Waals surface area contributed by atoms with Gasteiger partial charge in [0.2, 0.25) is 0 Å². The highest BCUT2D eigenvalue weighted by atomic mass is 16.5. The van der Waals surface area contributed by atoms with Crippen LogP contribution in [0.4, 0.5) is 0 Å². The molecule has 0 aliphatic carbocycles. The first-order chi connectivity index (χ1) is 14.3. The topological polar surface area (TPSA) is 9.23 Å². The highest BCUT2D eigenvalue weighted by molar-refractivity contribution is 5.47. The molecule has 30 heavy (non-hydrogen) atoms. The predicted molar refractivity (Wildman–Crippen MR) is 128 cm³/mol. The second-order valence-electron chi connectivity index (χ2n) is 8.66. The van der Waals surface area contributed by atoms with E-state index < -0.39 is 5.60 Å². The van der Waals surface area contributed by atoms with E-state index in [1.165, 1.54) is 5.57 Å². The van der Waals surface area contributed by atoms with Crippen molar-refractivity contribution in [2.75, 3.05) is 6.61 Å². The summed E-state index contributed by atoms with van der Waals surface area (Å²) in [5.41, 5.74) is 4.83. The summed E-state index contributed by atoms with van der Waals surface area (Å²) in [6, 6.07) is 31.5. The summed E-state index contributed by atoms with van der Waals surface area (Å²) in [5.74, 6) is 0. The molecule has 0 radical (unpaired) electrons. The van der Waals surface area contributed by atoms with Gasteiger partial charge in [-0.25, -0.2) is 0 Å². The van der Waals surface area contributed by atoms with Crippen molar-refractivity contribution in [3.63, 3.8) is 0 Å². The Kier molecular flexibility index (Phi) is 6.74. The van der Waals surface area contributed by atoms with Crippen LogP contribution < -0.4 is 0 Å². The van der Waals surface area contributed by atoms with E-state index in [0.29, 0.717) is 6.61 Å². The van der Waals surface area contributed by atoms with Crippen molar-refractivity contribution in [2.45, 2.75) is 33.3 Å². The molecule has 0 amide bonds. The molecular formula is C29H32O. The Balaban J connectivity index is 2.15. The van der Waals surface area contributed by atoms with Gasteiger partial charge in [-0.05, 0) is 30.5 Å². The molecule has 0 bridgehead atoms. The third-order valence-corrected chi connectivity index (χ3v) is 5.48. The van der Waals surface area contributed by atoms with Crippen LogP contribution in [0.5, 0.6) is 0 Å². The smallest absolute Gasteiger partial charge is 0.143 e. The summed E-state index contributed by atoms with van der Waals surface area (Å²) in [6.45, 7) is 13.2. The zero-order chi connectivity index (χ0) is 21.6. The summed E-state index contributed by atoms with van der Waals surface area (Å²) < 4.78 is 6.96. The molecule has 3 rings (SSSR count). The lowest BCUT2D eigenvalue weighted by molar-refractivity contribution is -0.0185. The number of hydrogen-bond donors (Lipinski definition) is 0. The van der Waals surface area contributed by atoms with Gasteiger partial charge in [-0.3, -0.25) is 0 Å². The van der Waals surface area contributed by atoms with Crippen LogP contribution in [-0.4, -0.2) is 6.61 Å². The number of ether oxygens (including phenoxy) is 1. The Morgan fingerprint density at radius 3 is 1.43 bits per heavy atom. The van der Waals surface area contributed by atoms with Crippen LogP contribution in [0.25, 0.3) is 0 Å². The molecule has 0 spiro atoms. The van der Waals surface area contributed by atoms with Gasteiger partial charge in [0, 0.05) is 5.41 Å². The predicted octanol–water partition coefficient (Wildman–Crippen LogP) is 7.54. The van der Waals surface area contributed by atoms with Gasteiger partial charge in [-0.15, -0.1) is 0 Å². The summed E-state index contributed by atoms with van der Waals surface area (Å²) in [7, 11) is 0. The molecule has 0 saturated heterocycles. The van der Waals surface area contributed by atoms with Gasteiger partial charge in [0.1, 0.15) is 5.60 Å². The lowest BCUT2D eigenvalue weighted by atomic mass is 9.79. The molecule has 1 heteroatoms. The maximum absolute atomic E-state index is 6.96. The summed E-state index contributed by atoms with van der Waals surface area (Å²) in [4.78, 5) is 0. The van der Waals surface area contributed by atoms with E-state index >= 15 is 0 Å². The number of hydrogen-bond acceptors (Lipinski definition) is 1. The fraction of sp³-hybridized carbons (Fsp3) is 0.241. The maximum atomic E-state index is 6.96. The van der Waals surface area contributed by atoms with Gasteiger partial charge in [0.05, 0.1) is 6.61 Å². The summed E-state index contributed by atoms with van der Waals surface area (Å²) >= 11 is 0. The van der Waals surface area contributed by atoms with Crippen molar-refractivity contribution in [3.8, 4) is 0 Å². The Morgan fingerprint density at radius 2 is 1.10 bits per heavy atom. The quantitative estimate of drug-likeness (QED) is 0.282. The van der Waals surface area contributed by atoms with Crippen LogP contribution in [0.1, 0.15) is 44.4 Å². The Hall–Kier alpha value is -2.90. The minimum absolute atomic E-state index is 0.146. The molecule has 0 N–H and O–H groups in total. The second-order valence-corrected chi connectivity index (χ2v) is 8.66. The summed E-state index contributed by atoms with van der Waals surface area (Å²) in [6.07, 6.45) is 2.26. The molecule has 0 saturated carbocycles. The number of rotatable bonds is 8. The molecular weight excluding hydrogens is 364 g/mol. The van der Waals surface area contributed by atoms with E-state index in [4.69, 9.17) is 4.74 Å². The van der Waals surface area contributed by atoms with Gasteiger partial charge < -0.3 is 4.74 Å². The lowest BCUT2D eigenvalue weighted by Gasteiger charge is -2.38. The van der Waals surface area contributed by atoms with Crippen LogP contribution >= 0.6 is 0 Å². The van der Waals surface area contributed by atoms with Crippen LogP contribution in [0.3, 0.4) is 0 Å². The van der Waals surface area contributed by atoms with Gasteiger partial charge in [0.25, 0.3) is 0 Å². The van der Waals surface area contributed by atoms with Crippen molar-refractivity contribution in [2.24, 2.45) is 5.41 Å². The Bertz CT molecular complexity index is 886. The molecule has 3 aromatic rings. The van der Waals surface area contributed by atoms with Crippen LogP contribution in [0, 0.1) is 5.41 Å². The largest absolute Gasteiger partial charge is 0.360 e. The molecule has 0 aliphatic rings. The molecule has 0 heterocycles. The van der Waals surface area contributed by atoms with Crippen molar-refractivity contribution >= 4 is 0 Å². The minimum atomic E-state index is -0.688. The molecule has 3 aromatic carbocycles. The van der Waals surface area contributed by atoms with Gasteiger partial charge in [0.15, 0.2) is 0 Å². The van der Waals surface area contributed by atoms with Crippen LogP contribution in [0.2, 0.25) is 0 Å². The Labute approximate surface area is 181 Å².